The highest BCUT2D eigenvalue weighted by Crippen LogP contribution is 2.08. The summed E-state index contributed by atoms with van der Waals surface area (Å²) in [7, 11) is 0. The topological polar surface area (TPSA) is 16.1 Å². The average molecular weight is 190 g/mol. The van der Waals surface area contributed by atoms with Crippen LogP contribution in [0.2, 0.25) is 0 Å². The molecule has 1 aromatic heterocycles. The molecular weight excluding hydrogens is 172 g/mol. The van der Waals surface area contributed by atoms with Crippen molar-refractivity contribution in [3.63, 3.8) is 0 Å². The summed E-state index contributed by atoms with van der Waals surface area (Å²) in [4.78, 5) is 7.04. The Morgan fingerprint density at radius 2 is 2.07 bits per heavy atom. The summed E-state index contributed by atoms with van der Waals surface area (Å²) in [5, 5.41) is 0. The Kier molecular flexibility index (Phi) is 3.14. The summed E-state index contributed by atoms with van der Waals surface area (Å²) in [6, 6.07) is 6.28. The van der Waals surface area contributed by atoms with Gasteiger partial charge in [-0.1, -0.05) is 6.07 Å². The van der Waals surface area contributed by atoms with Crippen LogP contribution in [-0.2, 0) is 6.42 Å². The van der Waals surface area contributed by atoms with Crippen LogP contribution in [0.5, 0.6) is 0 Å². The highest BCUT2D eigenvalue weighted by atomic mass is 15.1. The molecule has 0 atom stereocenters. The second-order valence-corrected chi connectivity index (χ2v) is 4.07. The summed E-state index contributed by atoms with van der Waals surface area (Å²) in [6.07, 6.45) is 3.85. The van der Waals surface area contributed by atoms with E-state index < -0.39 is 0 Å². The molecular formula is C12H18N2. The van der Waals surface area contributed by atoms with Gasteiger partial charge < -0.3 is 4.90 Å². The molecule has 1 fully saturated rings. The van der Waals surface area contributed by atoms with E-state index in [2.05, 4.69) is 35.0 Å². The second kappa shape index (κ2) is 4.56. The van der Waals surface area contributed by atoms with Gasteiger partial charge >= 0.3 is 0 Å². The predicted octanol–water partition coefficient (Wildman–Crippen LogP) is 2.03. The fourth-order valence-electron chi connectivity index (χ4n) is 2.02. The van der Waals surface area contributed by atoms with E-state index in [1.54, 1.807) is 0 Å². The van der Waals surface area contributed by atoms with Crippen molar-refractivity contribution < 1.29 is 0 Å². The molecule has 2 heteroatoms. The first kappa shape index (κ1) is 9.66. The molecule has 14 heavy (non-hydrogen) atoms. The zero-order chi connectivity index (χ0) is 9.80. The lowest BCUT2D eigenvalue weighted by Crippen LogP contribution is -2.22. The van der Waals surface area contributed by atoms with Crippen LogP contribution in [0.25, 0.3) is 0 Å². The van der Waals surface area contributed by atoms with E-state index in [9.17, 15) is 0 Å². The first-order chi connectivity index (χ1) is 6.84. The summed E-state index contributed by atoms with van der Waals surface area (Å²) in [5.41, 5.74) is 2.36. The lowest BCUT2D eigenvalue weighted by atomic mass is 10.2. The van der Waals surface area contributed by atoms with Crippen molar-refractivity contribution in [2.45, 2.75) is 26.2 Å². The highest BCUT2D eigenvalue weighted by Gasteiger charge is 2.10. The fraction of sp³-hybridized carbons (Fsp3) is 0.583. The van der Waals surface area contributed by atoms with Crippen molar-refractivity contribution in [3.05, 3.63) is 29.6 Å². The molecule has 2 nitrogen and oxygen atoms in total. The van der Waals surface area contributed by atoms with Crippen molar-refractivity contribution >= 4 is 0 Å². The SMILES string of the molecule is Cc1cccc(CCN2CCCC2)n1. The van der Waals surface area contributed by atoms with Gasteiger partial charge in [-0.15, -0.1) is 0 Å². The van der Waals surface area contributed by atoms with Gasteiger partial charge in [-0.25, -0.2) is 0 Å². The third-order valence-electron chi connectivity index (χ3n) is 2.83. The molecule has 0 amide bonds. The summed E-state index contributed by atoms with van der Waals surface area (Å²) < 4.78 is 0. The molecule has 0 spiro atoms. The molecule has 1 aliphatic heterocycles. The first-order valence-corrected chi connectivity index (χ1v) is 5.49. The molecule has 1 aromatic rings. The zero-order valence-electron chi connectivity index (χ0n) is 8.87. The van der Waals surface area contributed by atoms with Crippen LogP contribution in [0.1, 0.15) is 24.2 Å². The standard InChI is InChI=1S/C12H18N2/c1-11-5-4-6-12(13-11)7-10-14-8-2-3-9-14/h4-6H,2-3,7-10H2,1H3. The minimum Gasteiger partial charge on any atom is -0.303 e. The minimum absolute atomic E-state index is 1.10. The van der Waals surface area contributed by atoms with Crippen LogP contribution in [0.3, 0.4) is 0 Å². The summed E-state index contributed by atoms with van der Waals surface area (Å²) >= 11 is 0. The van der Waals surface area contributed by atoms with Crippen LogP contribution in [0, 0.1) is 6.92 Å². The minimum atomic E-state index is 1.10. The molecule has 76 valence electrons. The number of rotatable bonds is 3. The van der Waals surface area contributed by atoms with Crippen molar-refractivity contribution in [2.24, 2.45) is 0 Å². The van der Waals surface area contributed by atoms with E-state index in [0.29, 0.717) is 0 Å². The fourth-order valence-corrected chi connectivity index (χ4v) is 2.02. The van der Waals surface area contributed by atoms with E-state index in [4.69, 9.17) is 0 Å². The Balaban J connectivity index is 1.85. The van der Waals surface area contributed by atoms with Gasteiger partial charge in [-0.2, -0.15) is 0 Å². The average Bonchev–Trinajstić information content (AvgIpc) is 2.67. The predicted molar refractivity (Wildman–Crippen MR) is 58.4 cm³/mol. The van der Waals surface area contributed by atoms with E-state index in [1.807, 2.05) is 0 Å². The van der Waals surface area contributed by atoms with Gasteiger partial charge in [0.1, 0.15) is 0 Å². The maximum atomic E-state index is 4.51. The van der Waals surface area contributed by atoms with Gasteiger partial charge in [-0.05, 0) is 45.0 Å². The summed E-state index contributed by atoms with van der Waals surface area (Å²) in [6.45, 7) is 5.80. The van der Waals surface area contributed by atoms with Gasteiger partial charge in [0.25, 0.3) is 0 Å². The monoisotopic (exact) mass is 190 g/mol. The third kappa shape index (κ3) is 2.55. The van der Waals surface area contributed by atoms with Crippen molar-refractivity contribution in [1.29, 1.82) is 0 Å². The lowest BCUT2D eigenvalue weighted by molar-refractivity contribution is 0.342. The third-order valence-corrected chi connectivity index (χ3v) is 2.83. The van der Waals surface area contributed by atoms with Gasteiger partial charge in [0.15, 0.2) is 0 Å². The molecule has 0 radical (unpaired) electrons. The number of aryl methyl sites for hydroxylation is 1. The van der Waals surface area contributed by atoms with E-state index in [0.717, 1.165) is 12.1 Å². The number of pyridine rings is 1. The van der Waals surface area contributed by atoms with Crippen LogP contribution < -0.4 is 0 Å². The van der Waals surface area contributed by atoms with Crippen molar-refractivity contribution in [3.8, 4) is 0 Å². The van der Waals surface area contributed by atoms with Gasteiger partial charge in [-0.3, -0.25) is 4.98 Å². The Labute approximate surface area is 86.0 Å². The largest absolute Gasteiger partial charge is 0.303 e. The molecule has 0 N–H and O–H groups in total. The Hall–Kier alpha value is -0.890. The van der Waals surface area contributed by atoms with Gasteiger partial charge in [0.05, 0.1) is 0 Å². The molecule has 0 aromatic carbocycles. The maximum Gasteiger partial charge on any atom is 0.0419 e. The van der Waals surface area contributed by atoms with Gasteiger partial charge in [0.2, 0.25) is 0 Å². The molecule has 2 heterocycles. The van der Waals surface area contributed by atoms with Crippen LogP contribution in [0.15, 0.2) is 18.2 Å². The highest BCUT2D eigenvalue weighted by molar-refractivity contribution is 5.10. The van der Waals surface area contributed by atoms with Gasteiger partial charge in [0, 0.05) is 24.4 Å². The van der Waals surface area contributed by atoms with Crippen LogP contribution in [-0.4, -0.2) is 29.5 Å². The number of likely N-dealkylation sites (tertiary alicyclic amines) is 1. The Morgan fingerprint density at radius 1 is 1.29 bits per heavy atom. The smallest absolute Gasteiger partial charge is 0.0419 e. The Morgan fingerprint density at radius 3 is 2.79 bits per heavy atom. The molecule has 1 aliphatic rings. The summed E-state index contributed by atoms with van der Waals surface area (Å²) in [5.74, 6) is 0. The van der Waals surface area contributed by atoms with Crippen LogP contribution in [0.4, 0.5) is 0 Å². The Bertz CT molecular complexity index is 290. The van der Waals surface area contributed by atoms with Crippen molar-refractivity contribution in [1.82, 2.24) is 9.88 Å². The normalized spacial score (nSPS) is 17.5. The number of nitrogens with zero attached hydrogens (tertiary/aromatic N) is 2. The quantitative estimate of drug-likeness (QED) is 0.725. The molecule has 2 rings (SSSR count). The molecule has 0 saturated carbocycles. The number of hydrogen-bond acceptors (Lipinski definition) is 2. The first-order valence-electron chi connectivity index (χ1n) is 5.49. The molecule has 0 aliphatic carbocycles. The van der Waals surface area contributed by atoms with E-state index >= 15 is 0 Å². The van der Waals surface area contributed by atoms with E-state index in [1.165, 1.54) is 38.2 Å². The molecule has 0 unspecified atom stereocenters. The van der Waals surface area contributed by atoms with E-state index in [-0.39, 0.29) is 0 Å². The second-order valence-electron chi connectivity index (χ2n) is 4.07. The number of aromatic nitrogens is 1. The molecule has 1 saturated heterocycles. The lowest BCUT2D eigenvalue weighted by Gasteiger charge is -2.13. The molecule has 0 bridgehead atoms. The van der Waals surface area contributed by atoms with Crippen molar-refractivity contribution in [2.75, 3.05) is 19.6 Å². The maximum absolute atomic E-state index is 4.51. The number of hydrogen-bond donors (Lipinski definition) is 0. The zero-order valence-corrected chi connectivity index (χ0v) is 8.87. The van der Waals surface area contributed by atoms with Crippen LogP contribution >= 0.6 is 0 Å².